The molecule has 4 N–H and O–H groups in total. The molecule has 0 atom stereocenters. The first-order chi connectivity index (χ1) is 10.3. The Morgan fingerprint density at radius 3 is 2.14 bits per heavy atom. The molecule has 1 aromatic rings. The Hall–Kier alpha value is -1.71. The van der Waals surface area contributed by atoms with Crippen LogP contribution in [-0.2, 0) is 4.74 Å². The van der Waals surface area contributed by atoms with Crippen LogP contribution in [-0.4, -0.2) is 65.6 Å². The van der Waals surface area contributed by atoms with Gasteiger partial charge in [-0.25, -0.2) is 5.84 Å². The molecule has 2 fully saturated rings. The molecule has 0 unspecified atom stereocenters. The van der Waals surface area contributed by atoms with Crippen molar-refractivity contribution >= 4 is 17.8 Å². The highest BCUT2D eigenvalue weighted by Gasteiger charge is 2.22. The van der Waals surface area contributed by atoms with E-state index in [9.17, 15) is 5.11 Å². The largest absolute Gasteiger partial charge is 0.393 e. The van der Waals surface area contributed by atoms with Gasteiger partial charge in [0.15, 0.2) is 0 Å². The molecule has 9 heteroatoms. The average molecular weight is 295 g/mol. The fourth-order valence-electron chi connectivity index (χ4n) is 2.53. The lowest BCUT2D eigenvalue weighted by Gasteiger charge is -2.31. The summed E-state index contributed by atoms with van der Waals surface area (Å²) in [7, 11) is 0. The molecular formula is C12H21N7O2. The predicted octanol–water partition coefficient (Wildman–Crippen LogP) is -1.05. The van der Waals surface area contributed by atoms with E-state index in [-0.39, 0.29) is 6.10 Å². The van der Waals surface area contributed by atoms with E-state index in [4.69, 9.17) is 10.6 Å². The van der Waals surface area contributed by atoms with Crippen LogP contribution in [0.3, 0.4) is 0 Å². The summed E-state index contributed by atoms with van der Waals surface area (Å²) in [5, 5.41) is 9.60. The van der Waals surface area contributed by atoms with Crippen molar-refractivity contribution < 1.29 is 9.84 Å². The number of piperidine rings is 1. The van der Waals surface area contributed by atoms with Gasteiger partial charge in [-0.1, -0.05) is 0 Å². The molecule has 2 saturated heterocycles. The molecular weight excluding hydrogens is 274 g/mol. The summed E-state index contributed by atoms with van der Waals surface area (Å²) in [4.78, 5) is 17.3. The molecule has 21 heavy (non-hydrogen) atoms. The second-order valence-electron chi connectivity index (χ2n) is 5.22. The summed E-state index contributed by atoms with van der Waals surface area (Å²) < 4.78 is 5.34. The number of aliphatic hydroxyl groups excluding tert-OH is 1. The topological polar surface area (TPSA) is 113 Å². The van der Waals surface area contributed by atoms with Crippen LogP contribution in [0.2, 0.25) is 0 Å². The maximum absolute atomic E-state index is 9.60. The lowest BCUT2D eigenvalue weighted by Crippen LogP contribution is -2.40. The van der Waals surface area contributed by atoms with Crippen molar-refractivity contribution in [3.63, 3.8) is 0 Å². The fourth-order valence-corrected chi connectivity index (χ4v) is 2.53. The maximum atomic E-state index is 9.60. The minimum atomic E-state index is -0.228. The number of ether oxygens (including phenoxy) is 1. The lowest BCUT2D eigenvalue weighted by molar-refractivity contribution is 0.122. The minimum absolute atomic E-state index is 0.228. The van der Waals surface area contributed by atoms with Crippen LogP contribution in [0.25, 0.3) is 0 Å². The molecule has 2 aliphatic rings. The minimum Gasteiger partial charge on any atom is -0.393 e. The van der Waals surface area contributed by atoms with Crippen LogP contribution in [0.15, 0.2) is 0 Å². The first-order valence-electron chi connectivity index (χ1n) is 7.24. The molecule has 0 saturated carbocycles. The Morgan fingerprint density at radius 1 is 1.00 bits per heavy atom. The Morgan fingerprint density at radius 2 is 1.57 bits per heavy atom. The molecule has 0 bridgehead atoms. The highest BCUT2D eigenvalue weighted by atomic mass is 16.5. The predicted molar refractivity (Wildman–Crippen MR) is 78.1 cm³/mol. The summed E-state index contributed by atoms with van der Waals surface area (Å²) >= 11 is 0. The SMILES string of the molecule is NNc1nc(N2CCOCC2)nc(N2CCC(O)CC2)n1. The maximum Gasteiger partial charge on any atom is 0.243 e. The summed E-state index contributed by atoms with van der Waals surface area (Å²) in [6, 6.07) is 0. The van der Waals surface area contributed by atoms with Crippen LogP contribution in [0, 0.1) is 0 Å². The van der Waals surface area contributed by atoms with E-state index in [0.717, 1.165) is 39.0 Å². The van der Waals surface area contributed by atoms with E-state index in [0.29, 0.717) is 31.1 Å². The number of nitrogens with two attached hydrogens (primary N) is 1. The van der Waals surface area contributed by atoms with E-state index in [1.165, 1.54) is 0 Å². The van der Waals surface area contributed by atoms with Crippen LogP contribution < -0.4 is 21.1 Å². The molecule has 0 radical (unpaired) electrons. The highest BCUT2D eigenvalue weighted by Crippen LogP contribution is 2.20. The molecule has 9 nitrogen and oxygen atoms in total. The molecule has 1 aromatic heterocycles. The third-order valence-corrected chi connectivity index (χ3v) is 3.78. The summed E-state index contributed by atoms with van der Waals surface area (Å²) in [5.74, 6) is 7.03. The number of morpholine rings is 1. The summed E-state index contributed by atoms with van der Waals surface area (Å²) in [6.07, 6.45) is 1.22. The molecule has 0 spiro atoms. The van der Waals surface area contributed by atoms with E-state index in [1.54, 1.807) is 0 Å². The van der Waals surface area contributed by atoms with Crippen molar-refractivity contribution in [3.8, 4) is 0 Å². The molecule has 2 aliphatic heterocycles. The highest BCUT2D eigenvalue weighted by molar-refractivity contribution is 5.45. The zero-order valence-electron chi connectivity index (χ0n) is 11.9. The van der Waals surface area contributed by atoms with Gasteiger partial charge in [0, 0.05) is 26.2 Å². The molecule has 3 heterocycles. The first kappa shape index (κ1) is 14.2. The summed E-state index contributed by atoms with van der Waals surface area (Å²) in [5.41, 5.74) is 2.50. The van der Waals surface area contributed by atoms with Gasteiger partial charge < -0.3 is 19.6 Å². The number of nitrogen functional groups attached to an aromatic ring is 1. The lowest BCUT2D eigenvalue weighted by atomic mass is 10.1. The van der Waals surface area contributed by atoms with E-state index < -0.39 is 0 Å². The molecule has 0 amide bonds. The van der Waals surface area contributed by atoms with Gasteiger partial charge in [-0.15, -0.1) is 0 Å². The normalized spacial score (nSPS) is 20.7. The van der Waals surface area contributed by atoms with Crippen molar-refractivity contribution in [2.75, 3.05) is 54.6 Å². The Balaban J connectivity index is 1.82. The molecule has 0 aliphatic carbocycles. The quantitative estimate of drug-likeness (QED) is 0.475. The standard InChI is InChI=1S/C12H21N7O2/c13-17-10-14-11(18-3-1-9(20)2-4-18)16-12(15-10)19-5-7-21-8-6-19/h9,20H,1-8,13H2,(H,14,15,16,17). The van der Waals surface area contributed by atoms with Crippen molar-refractivity contribution in [2.45, 2.75) is 18.9 Å². The Labute approximate surface area is 123 Å². The average Bonchev–Trinajstić information content (AvgIpc) is 2.56. The van der Waals surface area contributed by atoms with Gasteiger partial charge in [-0.3, -0.25) is 5.43 Å². The number of aliphatic hydroxyl groups is 1. The third-order valence-electron chi connectivity index (χ3n) is 3.78. The van der Waals surface area contributed by atoms with Gasteiger partial charge >= 0.3 is 0 Å². The zero-order chi connectivity index (χ0) is 14.7. The van der Waals surface area contributed by atoms with E-state index in [2.05, 4.69) is 30.2 Å². The van der Waals surface area contributed by atoms with Crippen molar-refractivity contribution in [2.24, 2.45) is 5.84 Å². The smallest absolute Gasteiger partial charge is 0.243 e. The van der Waals surface area contributed by atoms with Gasteiger partial charge in [0.25, 0.3) is 0 Å². The second kappa shape index (κ2) is 6.37. The van der Waals surface area contributed by atoms with Crippen LogP contribution in [0.1, 0.15) is 12.8 Å². The number of nitrogens with one attached hydrogen (secondary N) is 1. The van der Waals surface area contributed by atoms with Gasteiger partial charge in [0.1, 0.15) is 0 Å². The van der Waals surface area contributed by atoms with Gasteiger partial charge in [-0.2, -0.15) is 15.0 Å². The van der Waals surface area contributed by atoms with Crippen molar-refractivity contribution in [1.29, 1.82) is 0 Å². The zero-order valence-corrected chi connectivity index (χ0v) is 11.9. The van der Waals surface area contributed by atoms with Crippen LogP contribution in [0.4, 0.5) is 17.8 Å². The third kappa shape index (κ3) is 3.31. The molecule has 116 valence electrons. The van der Waals surface area contributed by atoms with Gasteiger partial charge in [0.05, 0.1) is 19.3 Å². The number of aromatic nitrogens is 3. The van der Waals surface area contributed by atoms with Crippen molar-refractivity contribution in [1.82, 2.24) is 15.0 Å². The molecule has 0 aromatic carbocycles. The van der Waals surface area contributed by atoms with E-state index in [1.807, 2.05) is 0 Å². The number of hydrogen-bond donors (Lipinski definition) is 3. The molecule has 3 rings (SSSR count). The van der Waals surface area contributed by atoms with E-state index >= 15 is 0 Å². The number of hydrogen-bond acceptors (Lipinski definition) is 9. The first-order valence-corrected chi connectivity index (χ1v) is 7.24. The number of anilines is 3. The number of nitrogens with zero attached hydrogens (tertiary/aromatic N) is 5. The number of rotatable bonds is 3. The van der Waals surface area contributed by atoms with Crippen molar-refractivity contribution in [3.05, 3.63) is 0 Å². The van der Waals surface area contributed by atoms with Crippen LogP contribution in [0.5, 0.6) is 0 Å². The van der Waals surface area contributed by atoms with Gasteiger partial charge in [0.2, 0.25) is 17.8 Å². The van der Waals surface area contributed by atoms with Crippen LogP contribution >= 0.6 is 0 Å². The number of hydrazine groups is 1. The summed E-state index contributed by atoms with van der Waals surface area (Å²) in [6.45, 7) is 4.32. The van der Waals surface area contributed by atoms with Gasteiger partial charge in [-0.05, 0) is 12.8 Å². The monoisotopic (exact) mass is 295 g/mol. The Bertz CT molecular complexity index is 473. The fraction of sp³-hybridized carbons (Fsp3) is 0.750. The second-order valence-corrected chi connectivity index (χ2v) is 5.22. The Kier molecular flexibility index (Phi) is 4.32.